The minimum Gasteiger partial charge on any atom is -0.455 e. The maximum Gasteiger partial charge on any atom is 0.238 e. The average molecular weight is 682 g/mol. The van der Waals surface area contributed by atoms with Gasteiger partial charge in [-0.1, -0.05) is 121 Å². The van der Waals surface area contributed by atoms with Crippen LogP contribution in [0.3, 0.4) is 0 Å². The summed E-state index contributed by atoms with van der Waals surface area (Å²) in [6.07, 6.45) is 0. The second-order valence-corrected chi connectivity index (χ2v) is 13.0. The third-order valence-corrected chi connectivity index (χ3v) is 9.93. The van der Waals surface area contributed by atoms with Gasteiger partial charge in [-0.2, -0.15) is 9.97 Å². The highest BCUT2D eigenvalue weighted by Gasteiger charge is 2.23. The number of aromatic nitrogens is 5. The summed E-state index contributed by atoms with van der Waals surface area (Å²) in [5.74, 6) is 1.97. The van der Waals surface area contributed by atoms with E-state index in [1.807, 2.05) is 91.0 Å². The molecule has 7 heteroatoms. The normalized spacial score (nSPS) is 11.8. The number of hydrogen-bond donors (Lipinski definition) is 0. The number of fused-ring (bicyclic) bond motifs is 7. The van der Waals surface area contributed by atoms with E-state index in [1.54, 1.807) is 0 Å². The Morgan fingerprint density at radius 3 is 1.53 bits per heavy atom. The summed E-state index contributed by atoms with van der Waals surface area (Å²) in [5, 5.41) is 4.24. The Morgan fingerprint density at radius 1 is 0.358 bits per heavy atom. The molecular formula is C46H27N5O2. The van der Waals surface area contributed by atoms with Crippen molar-refractivity contribution in [2.24, 2.45) is 0 Å². The third-order valence-electron chi connectivity index (χ3n) is 9.93. The second kappa shape index (κ2) is 11.6. The Labute approximate surface area is 302 Å². The molecule has 0 radical (unpaired) electrons. The highest BCUT2D eigenvalue weighted by molar-refractivity contribution is 6.13. The van der Waals surface area contributed by atoms with Crippen molar-refractivity contribution in [1.29, 1.82) is 0 Å². The van der Waals surface area contributed by atoms with Crippen molar-refractivity contribution in [2.75, 3.05) is 0 Å². The van der Waals surface area contributed by atoms with E-state index in [2.05, 4.69) is 77.4 Å². The Balaban J connectivity index is 1.20. The molecule has 0 saturated carbocycles. The molecule has 7 aromatic carbocycles. The molecule has 0 aliphatic heterocycles. The van der Waals surface area contributed by atoms with Gasteiger partial charge in [0.25, 0.3) is 0 Å². The summed E-state index contributed by atoms with van der Waals surface area (Å²) in [6.45, 7) is 0. The summed E-state index contributed by atoms with van der Waals surface area (Å²) >= 11 is 0. The topological polar surface area (TPSA) is 82.8 Å². The molecular weight excluding hydrogens is 655 g/mol. The van der Waals surface area contributed by atoms with Crippen LogP contribution >= 0.6 is 0 Å². The van der Waals surface area contributed by atoms with Crippen LogP contribution in [0.25, 0.3) is 106 Å². The van der Waals surface area contributed by atoms with Gasteiger partial charge in [-0.15, -0.1) is 0 Å². The van der Waals surface area contributed by atoms with Gasteiger partial charge in [0.2, 0.25) is 11.8 Å². The van der Waals surface area contributed by atoms with Crippen molar-refractivity contribution in [3.63, 3.8) is 0 Å². The lowest BCUT2D eigenvalue weighted by Crippen LogP contribution is -2.06. The Morgan fingerprint density at radius 2 is 0.868 bits per heavy atom. The van der Waals surface area contributed by atoms with E-state index < -0.39 is 0 Å². The largest absolute Gasteiger partial charge is 0.455 e. The van der Waals surface area contributed by atoms with Gasteiger partial charge in [-0.25, -0.2) is 9.97 Å². The summed E-state index contributed by atoms with van der Waals surface area (Å²) in [4.78, 5) is 20.5. The molecule has 4 heterocycles. The van der Waals surface area contributed by atoms with Crippen LogP contribution in [0, 0.1) is 0 Å². The summed E-state index contributed by atoms with van der Waals surface area (Å²) < 4.78 is 15.4. The average Bonchev–Trinajstić information content (AvgIpc) is 3.93. The fourth-order valence-electron chi connectivity index (χ4n) is 7.51. The molecule has 0 aliphatic rings. The lowest BCUT2D eigenvalue weighted by Gasteiger charge is -2.11. The van der Waals surface area contributed by atoms with Crippen LogP contribution in [0.4, 0.5) is 0 Å². The monoisotopic (exact) mass is 681 g/mol. The molecule has 0 bridgehead atoms. The van der Waals surface area contributed by atoms with Crippen molar-refractivity contribution in [2.45, 2.75) is 0 Å². The van der Waals surface area contributed by atoms with Crippen molar-refractivity contribution in [3.8, 4) is 51.3 Å². The predicted molar refractivity (Wildman–Crippen MR) is 211 cm³/mol. The molecule has 0 aliphatic carbocycles. The molecule has 0 atom stereocenters. The van der Waals surface area contributed by atoms with Crippen molar-refractivity contribution < 1.29 is 8.83 Å². The third kappa shape index (κ3) is 4.61. The minimum atomic E-state index is 0.464. The lowest BCUT2D eigenvalue weighted by atomic mass is 10.0. The van der Waals surface area contributed by atoms with Gasteiger partial charge in [0.15, 0.2) is 17.2 Å². The zero-order chi connectivity index (χ0) is 34.9. The van der Waals surface area contributed by atoms with Crippen LogP contribution in [-0.2, 0) is 0 Å². The van der Waals surface area contributed by atoms with Crippen LogP contribution < -0.4 is 0 Å². The van der Waals surface area contributed by atoms with Gasteiger partial charge in [0, 0.05) is 32.7 Å². The van der Waals surface area contributed by atoms with Crippen LogP contribution in [0.15, 0.2) is 173 Å². The number of oxazole rings is 1. The fraction of sp³-hybridized carbons (Fsp3) is 0. The van der Waals surface area contributed by atoms with Crippen molar-refractivity contribution >= 4 is 54.8 Å². The van der Waals surface area contributed by atoms with E-state index in [9.17, 15) is 0 Å². The van der Waals surface area contributed by atoms with Gasteiger partial charge in [0.1, 0.15) is 16.7 Å². The molecule has 0 fully saturated rings. The summed E-state index contributed by atoms with van der Waals surface area (Å²) in [6, 6.07) is 55.2. The number of furan rings is 1. The van der Waals surface area contributed by atoms with Gasteiger partial charge >= 0.3 is 0 Å². The first kappa shape index (κ1) is 29.4. The Hall–Kier alpha value is -7.38. The lowest BCUT2D eigenvalue weighted by molar-refractivity contribution is 0.620. The van der Waals surface area contributed by atoms with E-state index in [1.165, 1.54) is 0 Å². The first-order valence-electron chi connectivity index (χ1n) is 17.5. The van der Waals surface area contributed by atoms with E-state index >= 15 is 0 Å². The quantitative estimate of drug-likeness (QED) is 0.180. The van der Waals surface area contributed by atoms with Gasteiger partial charge in [-0.3, -0.25) is 4.57 Å². The number of rotatable bonds is 5. The summed E-state index contributed by atoms with van der Waals surface area (Å²) in [7, 11) is 0. The minimum absolute atomic E-state index is 0.464. The zero-order valence-electron chi connectivity index (χ0n) is 28.1. The molecule has 0 saturated heterocycles. The zero-order valence-corrected chi connectivity index (χ0v) is 28.1. The maximum atomic E-state index is 6.83. The first-order chi connectivity index (χ1) is 26.3. The van der Waals surface area contributed by atoms with Crippen LogP contribution in [0.2, 0.25) is 0 Å². The van der Waals surface area contributed by atoms with E-state index in [4.69, 9.17) is 28.8 Å². The van der Waals surface area contributed by atoms with E-state index in [-0.39, 0.29) is 0 Å². The number of nitrogens with zero attached hydrogens (tertiary/aromatic N) is 5. The standard InChI is InChI=1S/C46H27N5O2/c1-3-14-28(15-4-1)30-20-11-21-33-34-22-12-23-35(41(34)52-40(30)33)43-48-44(36-24-13-25-37-42(36)53-45(47-37)29-16-5-2-6-17-29)50-46(49-43)51-38-26-9-7-18-31(38)32-19-8-10-27-39(32)51/h1-27H. The highest BCUT2D eigenvalue weighted by Crippen LogP contribution is 2.40. The molecule has 248 valence electrons. The van der Waals surface area contributed by atoms with Crippen molar-refractivity contribution in [1.82, 2.24) is 24.5 Å². The molecule has 53 heavy (non-hydrogen) atoms. The number of hydrogen-bond acceptors (Lipinski definition) is 6. The predicted octanol–water partition coefficient (Wildman–Crippen LogP) is 11.7. The summed E-state index contributed by atoms with van der Waals surface area (Å²) in [5.41, 5.74) is 9.32. The first-order valence-corrected chi connectivity index (χ1v) is 17.5. The van der Waals surface area contributed by atoms with Crippen LogP contribution in [-0.4, -0.2) is 24.5 Å². The van der Waals surface area contributed by atoms with Crippen LogP contribution in [0.5, 0.6) is 0 Å². The van der Waals surface area contributed by atoms with E-state index in [0.29, 0.717) is 40.2 Å². The fourth-order valence-corrected chi connectivity index (χ4v) is 7.51. The molecule has 0 amide bonds. The SMILES string of the molecule is c1ccc(-c2nc3cccc(-c4nc(-c5cccc6c5oc5c(-c7ccccc7)cccc56)nc(-n5c6ccccc6c6ccccc65)n4)c3o2)cc1. The highest BCUT2D eigenvalue weighted by atomic mass is 16.3. The number of para-hydroxylation sites is 5. The van der Waals surface area contributed by atoms with Gasteiger partial charge < -0.3 is 8.83 Å². The molecule has 0 spiro atoms. The molecule has 4 aromatic heterocycles. The van der Waals surface area contributed by atoms with E-state index in [0.717, 1.165) is 65.9 Å². The Bertz CT molecular complexity index is 3130. The molecule has 0 N–H and O–H groups in total. The van der Waals surface area contributed by atoms with Crippen molar-refractivity contribution in [3.05, 3.63) is 164 Å². The molecule has 0 unspecified atom stereocenters. The van der Waals surface area contributed by atoms with Gasteiger partial charge in [-0.05, 0) is 48.0 Å². The smallest absolute Gasteiger partial charge is 0.238 e. The Kier molecular flexibility index (Phi) is 6.42. The van der Waals surface area contributed by atoms with Gasteiger partial charge in [0.05, 0.1) is 22.2 Å². The maximum absolute atomic E-state index is 6.83. The second-order valence-electron chi connectivity index (χ2n) is 13.0. The number of benzene rings is 7. The van der Waals surface area contributed by atoms with Crippen LogP contribution in [0.1, 0.15) is 0 Å². The molecule has 7 nitrogen and oxygen atoms in total. The molecule has 11 rings (SSSR count). The molecule has 11 aromatic rings.